The van der Waals surface area contributed by atoms with Crippen molar-refractivity contribution in [3.05, 3.63) is 42.5 Å². The minimum absolute atomic E-state index is 0.124. The summed E-state index contributed by atoms with van der Waals surface area (Å²) in [5.41, 5.74) is 2.14. The first-order valence-corrected chi connectivity index (χ1v) is 7.59. The Morgan fingerprint density at radius 2 is 2.20 bits per heavy atom. The highest BCUT2D eigenvalue weighted by atomic mass is 16.5. The van der Waals surface area contributed by atoms with E-state index >= 15 is 0 Å². The topological polar surface area (TPSA) is 119 Å². The van der Waals surface area contributed by atoms with E-state index in [2.05, 4.69) is 40.8 Å². The van der Waals surface area contributed by atoms with Gasteiger partial charge >= 0.3 is 0 Å². The summed E-state index contributed by atoms with van der Waals surface area (Å²) in [6.45, 7) is 1.98. The second-order valence-electron chi connectivity index (χ2n) is 5.32. The van der Waals surface area contributed by atoms with Crippen LogP contribution in [0.3, 0.4) is 0 Å². The Hall–Kier alpha value is -3.56. The number of fused-ring (bicyclic) bond motifs is 1. The van der Waals surface area contributed by atoms with Crippen LogP contribution in [0.1, 0.15) is 18.7 Å². The fourth-order valence-corrected chi connectivity index (χ4v) is 2.43. The number of nitrogens with zero attached hydrogens (tertiary/aromatic N) is 7. The van der Waals surface area contributed by atoms with Crippen LogP contribution in [0.25, 0.3) is 11.2 Å². The van der Waals surface area contributed by atoms with E-state index in [0.717, 1.165) is 5.69 Å². The fraction of sp³-hybridized carbons (Fsp3) is 0.200. The molecule has 4 rings (SSSR count). The van der Waals surface area contributed by atoms with Crippen molar-refractivity contribution in [1.29, 1.82) is 0 Å². The third-order valence-electron chi connectivity index (χ3n) is 3.72. The summed E-state index contributed by atoms with van der Waals surface area (Å²) in [5, 5.41) is 22.4. The molecule has 0 aliphatic heterocycles. The molecule has 4 aromatic rings. The van der Waals surface area contributed by atoms with Gasteiger partial charge in [0, 0.05) is 12.3 Å². The number of aromatic nitrogens is 8. The average molecular weight is 337 g/mol. The molecule has 10 heteroatoms. The van der Waals surface area contributed by atoms with Gasteiger partial charge in [0.05, 0.1) is 31.2 Å². The lowest BCUT2D eigenvalue weighted by atomic mass is 10.2. The molecule has 0 aliphatic carbocycles. The fourth-order valence-electron chi connectivity index (χ4n) is 2.43. The summed E-state index contributed by atoms with van der Waals surface area (Å²) in [6.07, 6.45) is 4.94. The Balaban J connectivity index is 1.67. The monoisotopic (exact) mass is 337 g/mol. The van der Waals surface area contributed by atoms with Crippen molar-refractivity contribution in [2.24, 2.45) is 0 Å². The van der Waals surface area contributed by atoms with E-state index in [9.17, 15) is 0 Å². The maximum absolute atomic E-state index is 5.07. The van der Waals surface area contributed by atoms with Crippen LogP contribution in [0.15, 0.2) is 36.8 Å². The van der Waals surface area contributed by atoms with E-state index in [0.29, 0.717) is 28.7 Å². The van der Waals surface area contributed by atoms with Gasteiger partial charge in [-0.05, 0) is 19.1 Å². The quantitative estimate of drug-likeness (QED) is 0.565. The molecule has 0 saturated heterocycles. The molecule has 0 unspecified atom stereocenters. The number of hydrogen-bond acceptors (Lipinski definition) is 8. The standard InChI is InChI=1S/C15H15N9O/c1-9(10-4-3-5-17-21-10)24-15-11(7-18-24)16-8-13(20-15)19-12-6-14(25-2)23-22-12/h3-9H,1-2H3,(H2,19,20,22,23)/t9-/m0/s1. The van der Waals surface area contributed by atoms with Crippen molar-refractivity contribution in [1.82, 2.24) is 40.1 Å². The maximum Gasteiger partial charge on any atom is 0.210 e. The number of anilines is 2. The van der Waals surface area contributed by atoms with Gasteiger partial charge in [-0.3, -0.25) is 0 Å². The predicted octanol–water partition coefficient (Wildman–Crippen LogP) is 1.70. The number of methoxy groups -OCH3 is 1. The highest BCUT2D eigenvalue weighted by molar-refractivity contribution is 5.72. The van der Waals surface area contributed by atoms with E-state index in [-0.39, 0.29) is 6.04 Å². The molecule has 0 radical (unpaired) electrons. The van der Waals surface area contributed by atoms with E-state index in [1.807, 2.05) is 19.1 Å². The number of nitrogens with one attached hydrogen (secondary N) is 2. The van der Waals surface area contributed by atoms with E-state index in [1.165, 1.54) is 0 Å². The first-order valence-electron chi connectivity index (χ1n) is 7.59. The third-order valence-corrected chi connectivity index (χ3v) is 3.72. The summed E-state index contributed by atoms with van der Waals surface area (Å²) < 4.78 is 6.84. The Kier molecular flexibility index (Phi) is 3.69. The number of hydrogen-bond donors (Lipinski definition) is 2. The molecule has 0 fully saturated rings. The molecule has 1 atom stereocenters. The minimum atomic E-state index is -0.124. The van der Waals surface area contributed by atoms with Crippen molar-refractivity contribution < 1.29 is 4.74 Å². The van der Waals surface area contributed by atoms with Gasteiger partial charge in [0.25, 0.3) is 0 Å². The number of rotatable bonds is 5. The Morgan fingerprint density at radius 1 is 1.28 bits per heavy atom. The van der Waals surface area contributed by atoms with Crippen LogP contribution in [-0.2, 0) is 0 Å². The first-order chi connectivity index (χ1) is 12.2. The zero-order valence-electron chi connectivity index (χ0n) is 13.6. The van der Waals surface area contributed by atoms with Gasteiger partial charge in [-0.1, -0.05) is 0 Å². The van der Waals surface area contributed by atoms with Gasteiger partial charge < -0.3 is 10.1 Å². The first kappa shape index (κ1) is 15.0. The second-order valence-corrected chi connectivity index (χ2v) is 5.32. The largest absolute Gasteiger partial charge is 0.481 e. The molecule has 0 saturated carbocycles. The summed E-state index contributed by atoms with van der Waals surface area (Å²) >= 11 is 0. The maximum atomic E-state index is 5.07. The Bertz CT molecular complexity index is 995. The Morgan fingerprint density at radius 3 is 2.96 bits per heavy atom. The smallest absolute Gasteiger partial charge is 0.210 e. The van der Waals surface area contributed by atoms with Gasteiger partial charge in [0.2, 0.25) is 5.88 Å². The van der Waals surface area contributed by atoms with E-state index < -0.39 is 0 Å². The lowest BCUT2D eigenvalue weighted by molar-refractivity contribution is 0.397. The van der Waals surface area contributed by atoms with Crippen LogP contribution in [0.4, 0.5) is 11.6 Å². The summed E-state index contributed by atoms with van der Waals surface area (Å²) in [7, 11) is 1.57. The molecule has 0 aromatic carbocycles. The summed E-state index contributed by atoms with van der Waals surface area (Å²) in [5.74, 6) is 1.69. The van der Waals surface area contributed by atoms with Crippen LogP contribution in [0.5, 0.6) is 5.88 Å². The number of aromatic amines is 1. The van der Waals surface area contributed by atoms with Crippen molar-refractivity contribution in [3.8, 4) is 5.88 Å². The number of ether oxygens (including phenoxy) is 1. The van der Waals surface area contributed by atoms with Crippen LogP contribution in [0, 0.1) is 0 Å². The molecule has 0 amide bonds. The molecule has 10 nitrogen and oxygen atoms in total. The molecule has 4 aromatic heterocycles. The Labute approximate surface area is 142 Å². The van der Waals surface area contributed by atoms with Gasteiger partial charge in [-0.2, -0.15) is 20.4 Å². The molecule has 4 heterocycles. The van der Waals surface area contributed by atoms with Gasteiger partial charge in [-0.15, -0.1) is 0 Å². The van der Waals surface area contributed by atoms with Crippen LogP contribution < -0.4 is 10.1 Å². The second kappa shape index (κ2) is 6.15. The molecule has 0 aliphatic rings. The van der Waals surface area contributed by atoms with Crippen molar-refractivity contribution in [2.75, 3.05) is 12.4 Å². The van der Waals surface area contributed by atoms with Gasteiger partial charge in [-0.25, -0.2) is 19.7 Å². The predicted molar refractivity (Wildman–Crippen MR) is 89.6 cm³/mol. The molecule has 126 valence electrons. The van der Waals surface area contributed by atoms with E-state index in [4.69, 9.17) is 4.74 Å². The zero-order chi connectivity index (χ0) is 17.2. The minimum Gasteiger partial charge on any atom is -0.481 e. The lowest BCUT2D eigenvalue weighted by Crippen LogP contribution is -2.11. The molecular formula is C15H15N9O. The molecule has 0 spiro atoms. The van der Waals surface area contributed by atoms with E-state index in [1.54, 1.807) is 36.4 Å². The molecule has 0 bridgehead atoms. The molecule has 2 N–H and O–H groups in total. The van der Waals surface area contributed by atoms with Crippen LogP contribution in [-0.4, -0.2) is 47.3 Å². The van der Waals surface area contributed by atoms with Gasteiger partial charge in [0.1, 0.15) is 5.52 Å². The SMILES string of the molecule is COc1cc(Nc2cnc3cnn([C@@H](C)c4cccnn4)c3n2)n[nH]1. The summed E-state index contributed by atoms with van der Waals surface area (Å²) in [4.78, 5) is 8.98. The highest BCUT2D eigenvalue weighted by Gasteiger charge is 2.16. The van der Waals surface area contributed by atoms with Crippen LogP contribution in [0.2, 0.25) is 0 Å². The normalized spacial score (nSPS) is 12.2. The van der Waals surface area contributed by atoms with Crippen molar-refractivity contribution >= 4 is 22.8 Å². The molecular weight excluding hydrogens is 322 g/mol. The van der Waals surface area contributed by atoms with Crippen molar-refractivity contribution in [2.45, 2.75) is 13.0 Å². The molecule has 25 heavy (non-hydrogen) atoms. The third kappa shape index (κ3) is 2.84. The van der Waals surface area contributed by atoms with Crippen LogP contribution >= 0.6 is 0 Å². The lowest BCUT2D eigenvalue weighted by Gasteiger charge is -2.11. The highest BCUT2D eigenvalue weighted by Crippen LogP contribution is 2.22. The number of H-pyrrole nitrogens is 1. The zero-order valence-corrected chi connectivity index (χ0v) is 13.6. The summed E-state index contributed by atoms with van der Waals surface area (Å²) in [6, 6.07) is 5.34. The van der Waals surface area contributed by atoms with Crippen molar-refractivity contribution in [3.63, 3.8) is 0 Å². The average Bonchev–Trinajstić information content (AvgIpc) is 3.28. The van der Waals surface area contributed by atoms with Gasteiger partial charge in [0.15, 0.2) is 17.3 Å².